The molecule has 0 aliphatic heterocycles. The van der Waals surface area contributed by atoms with Crippen LogP contribution in [0.2, 0.25) is 0 Å². The van der Waals surface area contributed by atoms with E-state index in [4.69, 9.17) is 9.47 Å². The number of hydrogen-bond acceptors (Lipinski definition) is 4. The van der Waals surface area contributed by atoms with Crippen molar-refractivity contribution in [1.82, 2.24) is 4.31 Å². The maximum absolute atomic E-state index is 13.1. The lowest BCUT2D eigenvalue weighted by atomic mass is 10.2. The van der Waals surface area contributed by atoms with Crippen molar-refractivity contribution in [3.8, 4) is 11.8 Å². The van der Waals surface area contributed by atoms with Crippen molar-refractivity contribution in [1.29, 1.82) is 0 Å². The molecule has 1 aromatic carbocycles. The van der Waals surface area contributed by atoms with Crippen molar-refractivity contribution in [3.05, 3.63) is 67.3 Å². The SMILES string of the molecule is C=CCOCC#CCO[C@H]1C=C[C@@H](N(CC=C)S(=O)(=O)c2ccc(C)cc2)C1. The Bertz CT molecular complexity index is 847. The van der Waals surface area contributed by atoms with Gasteiger partial charge in [-0.15, -0.1) is 13.2 Å². The van der Waals surface area contributed by atoms with E-state index in [0.29, 0.717) is 19.6 Å². The molecule has 1 aliphatic rings. The third kappa shape index (κ3) is 6.18. The molecular weight excluding hydrogens is 374 g/mol. The summed E-state index contributed by atoms with van der Waals surface area (Å²) in [7, 11) is -3.62. The average molecular weight is 402 g/mol. The number of nitrogens with zero attached hydrogens (tertiary/aromatic N) is 1. The van der Waals surface area contributed by atoms with E-state index in [9.17, 15) is 8.42 Å². The normalized spacial score (nSPS) is 18.6. The lowest BCUT2D eigenvalue weighted by Gasteiger charge is -2.26. The lowest BCUT2D eigenvalue weighted by Crippen LogP contribution is -2.39. The minimum Gasteiger partial charge on any atom is -0.365 e. The van der Waals surface area contributed by atoms with E-state index in [1.54, 1.807) is 36.4 Å². The van der Waals surface area contributed by atoms with Crippen LogP contribution in [0.1, 0.15) is 12.0 Å². The van der Waals surface area contributed by atoms with Crippen LogP contribution < -0.4 is 0 Å². The van der Waals surface area contributed by atoms with E-state index >= 15 is 0 Å². The molecule has 1 aliphatic carbocycles. The second-order valence-corrected chi connectivity index (χ2v) is 8.26. The zero-order valence-corrected chi connectivity index (χ0v) is 17.0. The quantitative estimate of drug-likeness (QED) is 0.343. The third-order valence-electron chi connectivity index (χ3n) is 4.23. The topological polar surface area (TPSA) is 55.8 Å². The lowest BCUT2D eigenvalue weighted by molar-refractivity contribution is 0.104. The summed E-state index contributed by atoms with van der Waals surface area (Å²) in [5.74, 6) is 5.75. The Morgan fingerprint density at radius 2 is 1.86 bits per heavy atom. The molecule has 0 amide bonds. The van der Waals surface area contributed by atoms with Gasteiger partial charge in [-0.1, -0.05) is 53.8 Å². The Morgan fingerprint density at radius 3 is 2.54 bits per heavy atom. The molecule has 0 bridgehead atoms. The summed E-state index contributed by atoms with van der Waals surface area (Å²) >= 11 is 0. The van der Waals surface area contributed by atoms with Gasteiger partial charge in [0.2, 0.25) is 10.0 Å². The van der Waals surface area contributed by atoms with Crippen molar-refractivity contribution in [2.45, 2.75) is 30.4 Å². The van der Waals surface area contributed by atoms with Gasteiger partial charge in [0, 0.05) is 12.6 Å². The minimum absolute atomic E-state index is 0.172. The summed E-state index contributed by atoms with van der Waals surface area (Å²) in [6.07, 6.45) is 7.41. The minimum atomic E-state index is -3.62. The zero-order chi connectivity index (χ0) is 20.4. The van der Waals surface area contributed by atoms with E-state index < -0.39 is 10.0 Å². The van der Waals surface area contributed by atoms with Gasteiger partial charge in [0.25, 0.3) is 0 Å². The number of rotatable bonds is 10. The number of ether oxygens (including phenoxy) is 2. The molecule has 5 nitrogen and oxygen atoms in total. The first-order chi connectivity index (χ1) is 13.5. The van der Waals surface area contributed by atoms with Crippen molar-refractivity contribution in [2.75, 3.05) is 26.4 Å². The summed E-state index contributed by atoms with van der Waals surface area (Å²) in [5, 5.41) is 0. The van der Waals surface area contributed by atoms with Crippen LogP contribution >= 0.6 is 0 Å². The number of sulfonamides is 1. The van der Waals surface area contributed by atoms with Crippen LogP contribution in [0.5, 0.6) is 0 Å². The maximum Gasteiger partial charge on any atom is 0.243 e. The van der Waals surface area contributed by atoms with Crippen LogP contribution in [0.4, 0.5) is 0 Å². The molecule has 0 saturated carbocycles. The molecule has 0 saturated heterocycles. The van der Waals surface area contributed by atoms with Gasteiger partial charge in [-0.2, -0.15) is 4.31 Å². The number of aryl methyl sites for hydroxylation is 1. The van der Waals surface area contributed by atoms with Gasteiger partial charge in [-0.3, -0.25) is 0 Å². The smallest absolute Gasteiger partial charge is 0.243 e. The van der Waals surface area contributed by atoms with E-state index in [1.165, 1.54) is 4.31 Å². The molecule has 0 radical (unpaired) electrons. The standard InChI is InChI=1S/C22H27NO4S/c1-4-14-23(28(24,25)22-12-8-19(3)9-13-22)20-10-11-21(18-20)27-17-7-6-16-26-15-5-2/h4-5,8-13,20-21H,1-2,14-18H2,3H3/t20-,21+/m1/s1. The van der Waals surface area contributed by atoms with Crippen LogP contribution in [0.15, 0.2) is 66.6 Å². The Balaban J connectivity index is 1.96. The molecular formula is C22H27NO4S. The third-order valence-corrected chi connectivity index (χ3v) is 6.14. The fourth-order valence-electron chi connectivity index (χ4n) is 2.81. The summed E-state index contributed by atoms with van der Waals surface area (Å²) in [4.78, 5) is 0.281. The molecule has 0 unspecified atom stereocenters. The fourth-order valence-corrected chi connectivity index (χ4v) is 4.38. The van der Waals surface area contributed by atoms with Crippen molar-refractivity contribution in [3.63, 3.8) is 0 Å². The Morgan fingerprint density at radius 1 is 1.14 bits per heavy atom. The first-order valence-corrected chi connectivity index (χ1v) is 10.6. The molecule has 0 fully saturated rings. The van der Waals surface area contributed by atoms with E-state index in [2.05, 4.69) is 25.0 Å². The summed E-state index contributed by atoms with van der Waals surface area (Å²) < 4.78 is 38.5. The highest BCUT2D eigenvalue weighted by atomic mass is 32.2. The molecule has 150 valence electrons. The maximum atomic E-state index is 13.1. The van der Waals surface area contributed by atoms with Crippen LogP contribution in [-0.2, 0) is 19.5 Å². The summed E-state index contributed by atoms with van der Waals surface area (Å²) in [6.45, 7) is 10.5. The Hall–Kier alpha value is -2.17. The number of hydrogen-bond donors (Lipinski definition) is 0. The van der Waals surface area contributed by atoms with Gasteiger partial charge in [0.15, 0.2) is 0 Å². The molecule has 0 heterocycles. The molecule has 0 N–H and O–H groups in total. The van der Waals surface area contributed by atoms with Crippen LogP contribution in [0.3, 0.4) is 0 Å². The molecule has 28 heavy (non-hydrogen) atoms. The van der Waals surface area contributed by atoms with Crippen molar-refractivity contribution >= 4 is 10.0 Å². The van der Waals surface area contributed by atoms with Crippen LogP contribution in [-0.4, -0.2) is 51.2 Å². The molecule has 2 atom stereocenters. The van der Waals surface area contributed by atoms with Gasteiger partial charge >= 0.3 is 0 Å². The van der Waals surface area contributed by atoms with Gasteiger partial charge in [0.1, 0.15) is 13.2 Å². The predicted molar refractivity (Wildman–Crippen MR) is 111 cm³/mol. The molecule has 0 spiro atoms. The zero-order valence-electron chi connectivity index (χ0n) is 16.2. The van der Waals surface area contributed by atoms with E-state index in [0.717, 1.165) is 5.56 Å². The van der Waals surface area contributed by atoms with Gasteiger partial charge in [-0.25, -0.2) is 8.42 Å². The average Bonchev–Trinajstić information content (AvgIpc) is 3.14. The first kappa shape index (κ1) is 22.1. The monoisotopic (exact) mass is 401 g/mol. The molecule has 0 aromatic heterocycles. The van der Waals surface area contributed by atoms with Crippen LogP contribution in [0, 0.1) is 18.8 Å². The van der Waals surface area contributed by atoms with Crippen molar-refractivity contribution < 1.29 is 17.9 Å². The van der Waals surface area contributed by atoms with Gasteiger partial charge < -0.3 is 9.47 Å². The van der Waals surface area contributed by atoms with E-state index in [-0.39, 0.29) is 30.2 Å². The largest absolute Gasteiger partial charge is 0.365 e. The first-order valence-electron chi connectivity index (χ1n) is 9.12. The molecule has 1 aromatic rings. The molecule has 6 heteroatoms. The summed E-state index contributed by atoms with van der Waals surface area (Å²) in [6, 6.07) is 6.59. The highest BCUT2D eigenvalue weighted by molar-refractivity contribution is 7.89. The van der Waals surface area contributed by atoms with Gasteiger partial charge in [0.05, 0.1) is 17.6 Å². The highest BCUT2D eigenvalue weighted by Gasteiger charge is 2.33. The Labute approximate surface area is 168 Å². The molecule has 2 rings (SSSR count). The highest BCUT2D eigenvalue weighted by Crippen LogP contribution is 2.26. The summed E-state index contributed by atoms with van der Waals surface area (Å²) in [5.41, 5.74) is 1.01. The van der Waals surface area contributed by atoms with E-state index in [1.807, 2.05) is 19.1 Å². The van der Waals surface area contributed by atoms with Crippen LogP contribution in [0.25, 0.3) is 0 Å². The Kier molecular flexibility index (Phi) is 8.68. The predicted octanol–water partition coefficient (Wildman–Crippen LogP) is 3.09. The van der Waals surface area contributed by atoms with Gasteiger partial charge in [-0.05, 0) is 25.5 Å². The van der Waals surface area contributed by atoms with Crippen molar-refractivity contribution in [2.24, 2.45) is 0 Å². The number of benzene rings is 1. The second-order valence-electron chi connectivity index (χ2n) is 6.37. The second kappa shape index (κ2) is 11.0. The fraction of sp³-hybridized carbons (Fsp3) is 0.364.